The Morgan fingerprint density at radius 1 is 1.32 bits per heavy atom. The molecule has 2 aromatic rings. The maximum atomic E-state index is 12.2. The van der Waals surface area contributed by atoms with E-state index in [2.05, 4.69) is 10.3 Å². The molecule has 1 amide bonds. The number of benzene rings is 1. The van der Waals surface area contributed by atoms with E-state index in [1.807, 2.05) is 0 Å². The molecule has 1 aromatic heterocycles. The van der Waals surface area contributed by atoms with E-state index in [1.165, 1.54) is 6.39 Å². The van der Waals surface area contributed by atoms with Gasteiger partial charge in [-0.1, -0.05) is 0 Å². The van der Waals surface area contributed by atoms with Crippen LogP contribution < -0.4 is 11.1 Å². The first kappa shape index (κ1) is 12.2. The molecule has 1 aromatic carbocycles. The molecular weight excluding hydrogens is 242 g/mol. The molecule has 0 aliphatic heterocycles. The number of carbonyl (C=O) groups excluding carboxylic acids is 1. The summed E-state index contributed by atoms with van der Waals surface area (Å²) in [5, 5.41) is 3.06. The molecule has 0 saturated heterocycles. The van der Waals surface area contributed by atoms with Crippen LogP contribution in [0.15, 0.2) is 29.0 Å². The summed E-state index contributed by atoms with van der Waals surface area (Å²) in [6, 6.07) is 5.82. The molecule has 5 nitrogen and oxygen atoms in total. The van der Waals surface area contributed by atoms with Crippen LogP contribution in [0.1, 0.15) is 36.0 Å². The van der Waals surface area contributed by atoms with E-state index in [1.54, 1.807) is 18.2 Å². The number of oxazole rings is 1. The first-order valence-electron chi connectivity index (χ1n) is 6.62. The highest BCUT2D eigenvalue weighted by Gasteiger charge is 2.20. The van der Waals surface area contributed by atoms with Crippen LogP contribution in [0.2, 0.25) is 0 Å². The van der Waals surface area contributed by atoms with Crippen molar-refractivity contribution >= 4 is 17.0 Å². The van der Waals surface area contributed by atoms with Gasteiger partial charge in [0.1, 0.15) is 5.52 Å². The Hall–Kier alpha value is -1.88. The summed E-state index contributed by atoms with van der Waals surface area (Å²) in [7, 11) is 0. The van der Waals surface area contributed by atoms with E-state index in [-0.39, 0.29) is 11.9 Å². The van der Waals surface area contributed by atoms with Crippen LogP contribution in [0.3, 0.4) is 0 Å². The van der Waals surface area contributed by atoms with Crippen molar-refractivity contribution in [3.8, 4) is 0 Å². The van der Waals surface area contributed by atoms with E-state index in [0.717, 1.165) is 31.2 Å². The second-order valence-electron chi connectivity index (χ2n) is 5.12. The molecule has 1 heterocycles. The monoisotopic (exact) mass is 259 g/mol. The second kappa shape index (κ2) is 5.01. The lowest BCUT2D eigenvalue weighted by atomic mass is 9.91. The third-order valence-corrected chi connectivity index (χ3v) is 3.70. The van der Waals surface area contributed by atoms with Crippen molar-refractivity contribution in [3.05, 3.63) is 30.2 Å². The quantitative estimate of drug-likeness (QED) is 0.862. The molecule has 0 atom stereocenters. The highest BCUT2D eigenvalue weighted by molar-refractivity contribution is 5.97. The number of hydrogen-bond acceptors (Lipinski definition) is 4. The fourth-order valence-corrected chi connectivity index (χ4v) is 2.53. The molecule has 0 bridgehead atoms. The van der Waals surface area contributed by atoms with Gasteiger partial charge in [-0.05, 0) is 43.9 Å². The standard InChI is InChI=1S/C14H17N3O2/c15-10-2-4-11(5-3-10)17-14(18)9-1-6-12-13(7-9)19-8-16-12/h1,6-8,10-11H,2-5,15H2,(H,17,18). The summed E-state index contributed by atoms with van der Waals surface area (Å²) in [5.41, 5.74) is 7.87. The molecule has 3 rings (SSSR count). The van der Waals surface area contributed by atoms with Gasteiger partial charge in [0.25, 0.3) is 5.91 Å². The molecule has 19 heavy (non-hydrogen) atoms. The maximum Gasteiger partial charge on any atom is 0.251 e. The molecular formula is C14H17N3O2. The number of aromatic nitrogens is 1. The number of nitrogens with one attached hydrogen (secondary N) is 1. The number of rotatable bonds is 2. The Labute approximate surface area is 111 Å². The van der Waals surface area contributed by atoms with Gasteiger partial charge < -0.3 is 15.5 Å². The summed E-state index contributed by atoms with van der Waals surface area (Å²) < 4.78 is 5.21. The van der Waals surface area contributed by atoms with Crippen molar-refractivity contribution in [2.45, 2.75) is 37.8 Å². The van der Waals surface area contributed by atoms with Gasteiger partial charge in [0.05, 0.1) is 0 Å². The van der Waals surface area contributed by atoms with Crippen LogP contribution in [0.5, 0.6) is 0 Å². The Bertz CT molecular complexity index is 585. The highest BCUT2D eigenvalue weighted by atomic mass is 16.3. The summed E-state index contributed by atoms with van der Waals surface area (Å²) in [6.07, 6.45) is 5.25. The largest absolute Gasteiger partial charge is 0.443 e. The third-order valence-electron chi connectivity index (χ3n) is 3.70. The van der Waals surface area contributed by atoms with Crippen LogP contribution in [-0.2, 0) is 0 Å². The number of carbonyl (C=O) groups is 1. The van der Waals surface area contributed by atoms with E-state index in [4.69, 9.17) is 10.2 Å². The Kier molecular flexibility index (Phi) is 3.21. The van der Waals surface area contributed by atoms with E-state index in [9.17, 15) is 4.79 Å². The molecule has 1 fully saturated rings. The topological polar surface area (TPSA) is 81.1 Å². The Morgan fingerprint density at radius 3 is 2.89 bits per heavy atom. The van der Waals surface area contributed by atoms with Gasteiger partial charge in [0, 0.05) is 17.6 Å². The van der Waals surface area contributed by atoms with Crippen molar-refractivity contribution in [2.24, 2.45) is 5.73 Å². The average molecular weight is 259 g/mol. The number of hydrogen-bond donors (Lipinski definition) is 2. The van der Waals surface area contributed by atoms with Crippen LogP contribution in [0.25, 0.3) is 11.1 Å². The molecule has 1 aliphatic carbocycles. The maximum absolute atomic E-state index is 12.2. The SMILES string of the molecule is NC1CCC(NC(=O)c2ccc3ncoc3c2)CC1. The van der Waals surface area contributed by atoms with E-state index >= 15 is 0 Å². The highest BCUT2D eigenvalue weighted by Crippen LogP contribution is 2.18. The average Bonchev–Trinajstić information content (AvgIpc) is 2.88. The predicted octanol–water partition coefficient (Wildman–Crippen LogP) is 1.83. The number of nitrogens with zero attached hydrogens (tertiary/aromatic N) is 1. The summed E-state index contributed by atoms with van der Waals surface area (Å²) >= 11 is 0. The normalized spacial score (nSPS) is 23.4. The third kappa shape index (κ3) is 2.61. The molecule has 5 heteroatoms. The van der Waals surface area contributed by atoms with Gasteiger partial charge >= 0.3 is 0 Å². The molecule has 3 N–H and O–H groups in total. The van der Waals surface area contributed by atoms with Crippen molar-refractivity contribution in [1.82, 2.24) is 10.3 Å². The zero-order valence-electron chi connectivity index (χ0n) is 10.6. The minimum atomic E-state index is -0.0567. The Morgan fingerprint density at radius 2 is 2.11 bits per heavy atom. The van der Waals surface area contributed by atoms with Gasteiger partial charge in [-0.15, -0.1) is 0 Å². The van der Waals surface area contributed by atoms with Gasteiger partial charge in [-0.3, -0.25) is 4.79 Å². The van der Waals surface area contributed by atoms with Crippen molar-refractivity contribution in [3.63, 3.8) is 0 Å². The summed E-state index contributed by atoms with van der Waals surface area (Å²) in [4.78, 5) is 16.2. The van der Waals surface area contributed by atoms with Gasteiger partial charge in [-0.25, -0.2) is 4.98 Å². The molecule has 1 aliphatic rings. The first-order valence-corrected chi connectivity index (χ1v) is 6.62. The van der Waals surface area contributed by atoms with Crippen LogP contribution in [0.4, 0.5) is 0 Å². The lowest BCUT2D eigenvalue weighted by molar-refractivity contribution is 0.0926. The number of amides is 1. The zero-order valence-corrected chi connectivity index (χ0v) is 10.6. The van der Waals surface area contributed by atoms with Crippen molar-refractivity contribution in [2.75, 3.05) is 0 Å². The lowest BCUT2D eigenvalue weighted by Crippen LogP contribution is -2.40. The second-order valence-corrected chi connectivity index (χ2v) is 5.12. The predicted molar refractivity (Wildman–Crippen MR) is 71.7 cm³/mol. The van der Waals surface area contributed by atoms with Crippen molar-refractivity contribution < 1.29 is 9.21 Å². The number of nitrogens with two attached hydrogens (primary N) is 1. The number of fused-ring (bicyclic) bond motifs is 1. The zero-order chi connectivity index (χ0) is 13.2. The smallest absolute Gasteiger partial charge is 0.251 e. The summed E-state index contributed by atoms with van der Waals surface area (Å²) in [6.45, 7) is 0. The summed E-state index contributed by atoms with van der Waals surface area (Å²) in [5.74, 6) is -0.0567. The van der Waals surface area contributed by atoms with Crippen molar-refractivity contribution in [1.29, 1.82) is 0 Å². The van der Waals surface area contributed by atoms with E-state index < -0.39 is 0 Å². The van der Waals surface area contributed by atoms with Gasteiger partial charge in [0.15, 0.2) is 12.0 Å². The molecule has 100 valence electrons. The van der Waals surface area contributed by atoms with Crippen LogP contribution in [-0.4, -0.2) is 23.0 Å². The molecule has 1 saturated carbocycles. The Balaban J connectivity index is 1.69. The minimum absolute atomic E-state index is 0.0567. The minimum Gasteiger partial charge on any atom is -0.443 e. The van der Waals surface area contributed by atoms with Gasteiger partial charge in [0.2, 0.25) is 0 Å². The fraction of sp³-hybridized carbons (Fsp3) is 0.429. The fourth-order valence-electron chi connectivity index (χ4n) is 2.53. The van der Waals surface area contributed by atoms with Gasteiger partial charge in [-0.2, -0.15) is 0 Å². The van der Waals surface area contributed by atoms with E-state index in [0.29, 0.717) is 17.2 Å². The van der Waals surface area contributed by atoms with Crippen LogP contribution in [0, 0.1) is 0 Å². The molecule has 0 unspecified atom stereocenters. The van der Waals surface area contributed by atoms with Crippen LogP contribution >= 0.6 is 0 Å². The molecule has 0 spiro atoms. The molecule has 0 radical (unpaired) electrons. The lowest BCUT2D eigenvalue weighted by Gasteiger charge is -2.26. The first-order chi connectivity index (χ1) is 9.22.